The van der Waals surface area contributed by atoms with E-state index in [4.69, 9.17) is 0 Å². The van der Waals surface area contributed by atoms with Crippen molar-refractivity contribution >= 4 is 5.91 Å². The monoisotopic (exact) mass is 652 g/mol. The van der Waals surface area contributed by atoms with Gasteiger partial charge in [-0.1, -0.05) is 193 Å². The van der Waals surface area contributed by atoms with Crippen molar-refractivity contribution in [3.8, 4) is 0 Å². The highest BCUT2D eigenvalue weighted by molar-refractivity contribution is 5.80. The summed E-state index contributed by atoms with van der Waals surface area (Å²) in [5.74, 6) is -0.478. The molecule has 0 saturated heterocycles. The SMILES string of the molecule is CCCCCCCCC/C=C\CCCCCCC(O)C(=O)NC(CO)C(O)CCCCCCCCCCCCCCCCCCC. The van der Waals surface area contributed by atoms with Crippen molar-refractivity contribution in [2.75, 3.05) is 6.61 Å². The molecule has 46 heavy (non-hydrogen) atoms. The van der Waals surface area contributed by atoms with Crippen LogP contribution in [0.15, 0.2) is 12.2 Å². The molecule has 5 nitrogen and oxygen atoms in total. The second kappa shape index (κ2) is 36.9. The van der Waals surface area contributed by atoms with Gasteiger partial charge < -0.3 is 20.6 Å². The third-order valence-corrected chi connectivity index (χ3v) is 9.63. The van der Waals surface area contributed by atoms with Gasteiger partial charge in [-0.15, -0.1) is 0 Å². The van der Waals surface area contributed by atoms with Crippen molar-refractivity contribution in [1.29, 1.82) is 0 Å². The fraction of sp³-hybridized carbons (Fsp3) is 0.927. The fourth-order valence-corrected chi connectivity index (χ4v) is 6.36. The first-order valence-electron chi connectivity index (χ1n) is 20.5. The van der Waals surface area contributed by atoms with Crippen molar-refractivity contribution in [2.24, 2.45) is 0 Å². The summed E-state index contributed by atoms with van der Waals surface area (Å²) in [6.45, 7) is 4.22. The highest BCUT2D eigenvalue weighted by atomic mass is 16.3. The zero-order valence-electron chi connectivity index (χ0n) is 31.0. The van der Waals surface area contributed by atoms with Crippen LogP contribution in [0.2, 0.25) is 0 Å². The highest BCUT2D eigenvalue weighted by Gasteiger charge is 2.23. The normalized spacial score (nSPS) is 13.8. The van der Waals surface area contributed by atoms with E-state index in [0.29, 0.717) is 12.8 Å². The van der Waals surface area contributed by atoms with Crippen LogP contribution < -0.4 is 5.32 Å². The van der Waals surface area contributed by atoms with E-state index >= 15 is 0 Å². The first-order valence-corrected chi connectivity index (χ1v) is 20.5. The maximum Gasteiger partial charge on any atom is 0.249 e. The number of amides is 1. The molecule has 0 fully saturated rings. The molecule has 0 heterocycles. The van der Waals surface area contributed by atoms with Gasteiger partial charge in [-0.3, -0.25) is 4.79 Å². The number of carbonyl (C=O) groups excluding carboxylic acids is 1. The summed E-state index contributed by atoms with van der Waals surface area (Å²) in [5, 5.41) is 33.2. The molecule has 0 aliphatic carbocycles. The van der Waals surface area contributed by atoms with Gasteiger partial charge >= 0.3 is 0 Å². The van der Waals surface area contributed by atoms with Crippen molar-refractivity contribution < 1.29 is 20.1 Å². The van der Waals surface area contributed by atoms with Gasteiger partial charge in [-0.25, -0.2) is 0 Å². The lowest BCUT2D eigenvalue weighted by molar-refractivity contribution is -0.131. The van der Waals surface area contributed by atoms with Gasteiger partial charge in [-0.2, -0.15) is 0 Å². The van der Waals surface area contributed by atoms with E-state index in [2.05, 4.69) is 31.3 Å². The van der Waals surface area contributed by atoms with Crippen molar-refractivity contribution in [2.45, 2.75) is 238 Å². The average Bonchev–Trinajstić information content (AvgIpc) is 3.06. The van der Waals surface area contributed by atoms with E-state index < -0.39 is 24.2 Å². The lowest BCUT2D eigenvalue weighted by Crippen LogP contribution is -2.49. The highest BCUT2D eigenvalue weighted by Crippen LogP contribution is 2.16. The zero-order valence-corrected chi connectivity index (χ0v) is 31.0. The standard InChI is InChI=1S/C41H81NO4/c1-3-5-7-9-11-13-15-17-19-20-22-23-25-27-29-31-33-35-39(44)38(37-43)42-41(46)40(45)36-34-32-30-28-26-24-21-18-16-14-12-10-8-6-4-2/h21,24,38-40,43-45H,3-20,22-23,25-37H2,1-2H3,(H,42,46)/b24-21-. The summed E-state index contributed by atoms with van der Waals surface area (Å²) in [4.78, 5) is 12.4. The minimum atomic E-state index is -1.08. The Balaban J connectivity index is 3.65. The molecule has 0 radical (unpaired) electrons. The minimum Gasteiger partial charge on any atom is -0.394 e. The Morgan fingerprint density at radius 3 is 1.20 bits per heavy atom. The van der Waals surface area contributed by atoms with Crippen LogP contribution in [0.25, 0.3) is 0 Å². The Morgan fingerprint density at radius 2 is 0.826 bits per heavy atom. The summed E-state index contributed by atoms with van der Waals surface area (Å²) in [7, 11) is 0. The molecule has 0 aromatic heterocycles. The van der Waals surface area contributed by atoms with Crippen LogP contribution in [0.1, 0.15) is 219 Å². The molecule has 1 amide bonds. The van der Waals surface area contributed by atoms with Crippen molar-refractivity contribution in [1.82, 2.24) is 5.32 Å². The Hall–Kier alpha value is -0.910. The summed E-state index contributed by atoms with van der Waals surface area (Å²) >= 11 is 0. The smallest absolute Gasteiger partial charge is 0.249 e. The third kappa shape index (κ3) is 31.7. The van der Waals surface area contributed by atoms with E-state index in [1.807, 2.05) is 0 Å². The number of aliphatic hydroxyl groups excluding tert-OH is 3. The largest absolute Gasteiger partial charge is 0.394 e. The number of carbonyl (C=O) groups is 1. The molecule has 3 atom stereocenters. The molecule has 5 heteroatoms. The topological polar surface area (TPSA) is 89.8 Å². The molecule has 3 unspecified atom stereocenters. The van der Waals surface area contributed by atoms with Gasteiger partial charge in [0.2, 0.25) is 5.91 Å². The third-order valence-electron chi connectivity index (χ3n) is 9.63. The van der Waals surface area contributed by atoms with Gasteiger partial charge in [0.15, 0.2) is 0 Å². The molecular weight excluding hydrogens is 570 g/mol. The molecule has 0 saturated carbocycles. The number of nitrogens with one attached hydrogen (secondary N) is 1. The molecule has 0 rings (SSSR count). The Kier molecular flexibility index (Phi) is 36.2. The van der Waals surface area contributed by atoms with Gasteiger partial charge in [0.05, 0.1) is 18.8 Å². The van der Waals surface area contributed by atoms with Gasteiger partial charge in [0, 0.05) is 0 Å². The lowest BCUT2D eigenvalue weighted by atomic mass is 10.0. The molecular formula is C41H81NO4. The summed E-state index contributed by atoms with van der Waals surface area (Å²) in [6.07, 6.45) is 42.0. The molecule has 0 aliphatic rings. The number of hydrogen-bond acceptors (Lipinski definition) is 4. The van der Waals surface area contributed by atoms with Gasteiger partial charge in [-0.05, 0) is 38.5 Å². The average molecular weight is 652 g/mol. The first-order chi connectivity index (χ1) is 22.6. The van der Waals surface area contributed by atoms with Crippen LogP contribution >= 0.6 is 0 Å². The van der Waals surface area contributed by atoms with Crippen LogP contribution in [-0.4, -0.2) is 46.1 Å². The van der Waals surface area contributed by atoms with Gasteiger partial charge in [0.25, 0.3) is 0 Å². The summed E-state index contributed by atoms with van der Waals surface area (Å²) in [5.41, 5.74) is 0. The first kappa shape index (κ1) is 45.1. The maximum absolute atomic E-state index is 12.4. The summed E-state index contributed by atoms with van der Waals surface area (Å²) < 4.78 is 0. The van der Waals surface area contributed by atoms with E-state index in [0.717, 1.165) is 44.9 Å². The predicted octanol–water partition coefficient (Wildman–Crippen LogP) is 11.3. The zero-order chi connectivity index (χ0) is 33.8. The second-order valence-electron chi connectivity index (χ2n) is 14.2. The quantitative estimate of drug-likeness (QED) is 0.0397. The van der Waals surface area contributed by atoms with Crippen molar-refractivity contribution in [3.05, 3.63) is 12.2 Å². The Morgan fingerprint density at radius 1 is 0.500 bits per heavy atom. The molecule has 0 aromatic carbocycles. The van der Waals surface area contributed by atoms with Crippen LogP contribution in [0.3, 0.4) is 0 Å². The number of aliphatic hydroxyl groups is 3. The Bertz CT molecular complexity index is 640. The number of rotatable bonds is 37. The summed E-state index contributed by atoms with van der Waals surface area (Å²) in [6, 6.07) is -0.712. The molecule has 274 valence electrons. The molecule has 0 aliphatic heterocycles. The maximum atomic E-state index is 12.4. The second-order valence-corrected chi connectivity index (χ2v) is 14.2. The Labute approximate surface area is 287 Å². The van der Waals surface area contributed by atoms with E-state index in [1.54, 1.807) is 0 Å². The molecule has 0 aromatic rings. The van der Waals surface area contributed by atoms with Crippen LogP contribution in [-0.2, 0) is 4.79 Å². The van der Waals surface area contributed by atoms with E-state index in [9.17, 15) is 20.1 Å². The fourth-order valence-electron chi connectivity index (χ4n) is 6.36. The van der Waals surface area contributed by atoms with Crippen LogP contribution in [0, 0.1) is 0 Å². The van der Waals surface area contributed by atoms with Crippen molar-refractivity contribution in [3.63, 3.8) is 0 Å². The number of unbranched alkanes of at least 4 members (excludes halogenated alkanes) is 27. The molecule has 0 spiro atoms. The number of hydrogen-bond donors (Lipinski definition) is 4. The molecule has 0 bridgehead atoms. The van der Waals surface area contributed by atoms with E-state index in [-0.39, 0.29) is 6.61 Å². The predicted molar refractivity (Wildman–Crippen MR) is 199 cm³/mol. The van der Waals surface area contributed by atoms with E-state index in [1.165, 1.54) is 148 Å². The number of allylic oxidation sites excluding steroid dienone is 2. The minimum absolute atomic E-state index is 0.314. The lowest BCUT2D eigenvalue weighted by Gasteiger charge is -2.23. The van der Waals surface area contributed by atoms with Crippen LogP contribution in [0.4, 0.5) is 0 Å². The van der Waals surface area contributed by atoms with Gasteiger partial charge in [0.1, 0.15) is 6.10 Å². The van der Waals surface area contributed by atoms with Crippen LogP contribution in [0.5, 0.6) is 0 Å². The molecule has 4 N–H and O–H groups in total.